The van der Waals surface area contributed by atoms with Gasteiger partial charge < -0.3 is 0 Å². The van der Waals surface area contributed by atoms with Gasteiger partial charge in [0.05, 0.1) is 5.52 Å². The predicted octanol–water partition coefficient (Wildman–Crippen LogP) is 5.74. The van der Waals surface area contributed by atoms with Crippen LogP contribution in [0.1, 0.15) is 15.9 Å². The Morgan fingerprint density at radius 1 is 0.800 bits per heavy atom. The molecule has 0 aliphatic rings. The molecule has 1 aromatic heterocycles. The highest BCUT2D eigenvalue weighted by molar-refractivity contribution is 14.1. The van der Waals surface area contributed by atoms with Gasteiger partial charge in [-0.3, -0.25) is 9.78 Å². The first-order valence-electron chi connectivity index (χ1n) is 7.97. The minimum absolute atomic E-state index is 0.00587. The van der Waals surface area contributed by atoms with E-state index in [1.807, 2.05) is 60.7 Å². The lowest BCUT2D eigenvalue weighted by Crippen LogP contribution is -2.02. The normalized spacial score (nSPS) is 10.8. The van der Waals surface area contributed by atoms with E-state index in [-0.39, 0.29) is 5.78 Å². The van der Waals surface area contributed by atoms with Crippen molar-refractivity contribution in [2.75, 3.05) is 0 Å². The number of halogens is 1. The van der Waals surface area contributed by atoms with Crippen molar-refractivity contribution in [2.24, 2.45) is 0 Å². The van der Waals surface area contributed by atoms with Crippen molar-refractivity contribution in [1.29, 1.82) is 0 Å². The number of hydrogen-bond acceptors (Lipinski definition) is 2. The van der Waals surface area contributed by atoms with Crippen molar-refractivity contribution >= 4 is 39.3 Å². The van der Waals surface area contributed by atoms with E-state index in [1.165, 1.54) is 0 Å². The lowest BCUT2D eigenvalue weighted by Gasteiger charge is -2.08. The maximum Gasteiger partial charge on any atom is 0.194 e. The summed E-state index contributed by atoms with van der Waals surface area (Å²) in [6.45, 7) is 0. The summed E-state index contributed by atoms with van der Waals surface area (Å²) in [5, 5.41) is 0.991. The van der Waals surface area contributed by atoms with Gasteiger partial charge in [-0.25, -0.2) is 0 Å². The molecule has 3 aromatic carbocycles. The first kappa shape index (κ1) is 16.0. The molecule has 0 spiro atoms. The molecule has 0 amide bonds. The number of hydrogen-bond donors (Lipinski definition) is 0. The second kappa shape index (κ2) is 6.76. The van der Waals surface area contributed by atoms with E-state index in [0.717, 1.165) is 25.6 Å². The van der Waals surface area contributed by atoms with Crippen LogP contribution in [0.4, 0.5) is 0 Å². The fraction of sp³-hybridized carbons (Fsp3) is 0. The largest absolute Gasteiger partial charge is 0.289 e. The molecule has 0 aliphatic carbocycles. The Labute approximate surface area is 159 Å². The maximum absolute atomic E-state index is 12.8. The van der Waals surface area contributed by atoms with E-state index >= 15 is 0 Å². The Morgan fingerprint density at radius 2 is 1.56 bits per heavy atom. The highest BCUT2D eigenvalue weighted by atomic mass is 127. The van der Waals surface area contributed by atoms with Gasteiger partial charge in [-0.15, -0.1) is 0 Å². The molecule has 0 atom stereocenters. The van der Waals surface area contributed by atoms with Crippen molar-refractivity contribution in [3.05, 3.63) is 99.8 Å². The molecule has 4 aromatic rings. The molecule has 0 radical (unpaired) electrons. The van der Waals surface area contributed by atoms with Crippen LogP contribution in [0, 0.1) is 3.57 Å². The highest BCUT2D eigenvalue weighted by Crippen LogP contribution is 2.28. The number of benzene rings is 3. The van der Waals surface area contributed by atoms with Crippen molar-refractivity contribution in [3.8, 4) is 11.1 Å². The van der Waals surface area contributed by atoms with Gasteiger partial charge in [0.15, 0.2) is 5.78 Å². The van der Waals surface area contributed by atoms with Crippen LogP contribution in [0.25, 0.3) is 22.0 Å². The number of carbonyl (C=O) groups excluding carboxylic acids is 1. The summed E-state index contributed by atoms with van der Waals surface area (Å²) >= 11 is 2.23. The van der Waals surface area contributed by atoms with Gasteiger partial charge in [-0.05, 0) is 70.1 Å². The summed E-state index contributed by atoms with van der Waals surface area (Å²) in [6, 6.07) is 25.8. The lowest BCUT2D eigenvalue weighted by molar-refractivity contribution is 0.103. The van der Waals surface area contributed by atoms with Crippen LogP contribution in [-0.4, -0.2) is 10.8 Å². The minimum Gasteiger partial charge on any atom is -0.289 e. The van der Waals surface area contributed by atoms with Gasteiger partial charge in [-0.2, -0.15) is 0 Å². The van der Waals surface area contributed by atoms with Gasteiger partial charge in [0.25, 0.3) is 0 Å². The first-order chi connectivity index (χ1) is 12.2. The number of fused-ring (bicyclic) bond motifs is 1. The van der Waals surface area contributed by atoms with E-state index in [4.69, 9.17) is 0 Å². The van der Waals surface area contributed by atoms with Crippen LogP contribution in [0.15, 0.2) is 85.1 Å². The zero-order chi connectivity index (χ0) is 17.2. The zero-order valence-electron chi connectivity index (χ0n) is 13.3. The maximum atomic E-state index is 12.8. The van der Waals surface area contributed by atoms with E-state index < -0.39 is 0 Å². The smallest absolute Gasteiger partial charge is 0.194 e. The van der Waals surface area contributed by atoms with E-state index in [1.54, 1.807) is 6.20 Å². The van der Waals surface area contributed by atoms with Crippen molar-refractivity contribution in [1.82, 2.24) is 4.98 Å². The van der Waals surface area contributed by atoms with E-state index in [0.29, 0.717) is 11.1 Å². The van der Waals surface area contributed by atoms with Crippen LogP contribution in [0.2, 0.25) is 0 Å². The Bertz CT molecular complexity index is 1060. The van der Waals surface area contributed by atoms with Crippen molar-refractivity contribution < 1.29 is 4.79 Å². The van der Waals surface area contributed by atoms with Gasteiger partial charge in [-0.1, -0.05) is 42.5 Å². The second-order valence-corrected chi connectivity index (χ2v) is 7.04. The van der Waals surface area contributed by atoms with Gasteiger partial charge >= 0.3 is 0 Å². The SMILES string of the molecule is O=C(c1ccc(I)cc1)c1cnc2cccc(-c3ccccc3)c2c1. The molecule has 25 heavy (non-hydrogen) atoms. The third-order valence-electron chi connectivity index (χ3n) is 4.18. The Kier molecular flexibility index (Phi) is 4.32. The zero-order valence-corrected chi connectivity index (χ0v) is 15.5. The minimum atomic E-state index is -0.00587. The third-order valence-corrected chi connectivity index (χ3v) is 4.90. The number of carbonyl (C=O) groups is 1. The molecule has 0 fully saturated rings. The number of nitrogens with zero attached hydrogens (tertiary/aromatic N) is 1. The molecule has 1 heterocycles. The second-order valence-electron chi connectivity index (χ2n) is 5.80. The van der Waals surface area contributed by atoms with Gasteiger partial charge in [0.2, 0.25) is 0 Å². The summed E-state index contributed by atoms with van der Waals surface area (Å²) < 4.78 is 1.11. The Hall–Kier alpha value is -2.53. The average Bonchev–Trinajstić information content (AvgIpc) is 2.68. The van der Waals surface area contributed by atoms with Crippen molar-refractivity contribution in [3.63, 3.8) is 0 Å². The molecular formula is C22H14INO. The lowest BCUT2D eigenvalue weighted by atomic mass is 9.97. The summed E-state index contributed by atoms with van der Waals surface area (Å²) in [5.41, 5.74) is 4.38. The molecule has 0 aliphatic heterocycles. The molecule has 0 saturated carbocycles. The fourth-order valence-corrected chi connectivity index (χ4v) is 3.27. The molecule has 0 saturated heterocycles. The molecule has 0 N–H and O–H groups in total. The Balaban J connectivity index is 1.84. The quantitative estimate of drug-likeness (QED) is 0.304. The summed E-state index contributed by atoms with van der Waals surface area (Å²) in [7, 11) is 0. The number of ketones is 1. The summed E-state index contributed by atoms with van der Waals surface area (Å²) in [4.78, 5) is 17.3. The average molecular weight is 435 g/mol. The fourth-order valence-electron chi connectivity index (χ4n) is 2.91. The third kappa shape index (κ3) is 3.20. The van der Waals surface area contributed by atoms with Gasteiger partial charge in [0.1, 0.15) is 0 Å². The van der Waals surface area contributed by atoms with Crippen LogP contribution < -0.4 is 0 Å². The summed E-state index contributed by atoms with van der Waals surface area (Å²) in [6.07, 6.45) is 1.66. The van der Waals surface area contributed by atoms with Crippen LogP contribution in [-0.2, 0) is 0 Å². The van der Waals surface area contributed by atoms with Crippen LogP contribution in [0.3, 0.4) is 0 Å². The Morgan fingerprint density at radius 3 is 2.32 bits per heavy atom. The van der Waals surface area contributed by atoms with Crippen LogP contribution >= 0.6 is 22.6 Å². The van der Waals surface area contributed by atoms with E-state index in [9.17, 15) is 4.79 Å². The van der Waals surface area contributed by atoms with E-state index in [2.05, 4.69) is 45.8 Å². The number of rotatable bonds is 3. The molecule has 0 bridgehead atoms. The predicted molar refractivity (Wildman–Crippen MR) is 110 cm³/mol. The highest BCUT2D eigenvalue weighted by Gasteiger charge is 2.12. The molecule has 4 rings (SSSR count). The molecular weight excluding hydrogens is 421 g/mol. The number of pyridine rings is 1. The summed E-state index contributed by atoms with van der Waals surface area (Å²) in [5.74, 6) is -0.00587. The molecule has 2 nitrogen and oxygen atoms in total. The van der Waals surface area contributed by atoms with Gasteiger partial charge in [0, 0.05) is 26.3 Å². The standard InChI is InChI=1S/C22H14INO/c23-18-11-9-16(10-12-18)22(25)17-13-20-19(15-5-2-1-3-6-15)7-4-8-21(20)24-14-17/h1-14H. The number of aromatic nitrogens is 1. The van der Waals surface area contributed by atoms with Crippen LogP contribution in [0.5, 0.6) is 0 Å². The first-order valence-corrected chi connectivity index (χ1v) is 9.05. The molecule has 120 valence electrons. The molecule has 3 heteroatoms. The molecule has 0 unspecified atom stereocenters. The topological polar surface area (TPSA) is 30.0 Å². The van der Waals surface area contributed by atoms with Crippen molar-refractivity contribution in [2.45, 2.75) is 0 Å². The monoisotopic (exact) mass is 435 g/mol.